The van der Waals surface area contributed by atoms with Crippen molar-refractivity contribution in [1.29, 1.82) is 0 Å². The van der Waals surface area contributed by atoms with Crippen LogP contribution >= 0.6 is 0 Å². The van der Waals surface area contributed by atoms with Crippen molar-refractivity contribution in [3.05, 3.63) is 24.3 Å². The second-order valence-corrected chi connectivity index (χ2v) is 10.9. The van der Waals surface area contributed by atoms with Crippen molar-refractivity contribution in [2.75, 3.05) is 5.32 Å². The van der Waals surface area contributed by atoms with E-state index in [-0.39, 0.29) is 16.2 Å². The summed E-state index contributed by atoms with van der Waals surface area (Å²) in [4.78, 5) is 24.9. The van der Waals surface area contributed by atoms with Crippen molar-refractivity contribution < 1.29 is 18.0 Å². The summed E-state index contributed by atoms with van der Waals surface area (Å²) < 4.78 is 25.3. The van der Waals surface area contributed by atoms with Crippen molar-refractivity contribution in [2.24, 2.45) is 11.8 Å². The molecule has 0 spiro atoms. The Hall–Kier alpha value is -1.89. The average Bonchev–Trinajstić information content (AvgIpc) is 3.24. The molecule has 0 heterocycles. The third-order valence-corrected chi connectivity index (χ3v) is 8.66. The van der Waals surface area contributed by atoms with E-state index >= 15 is 0 Å². The Balaban J connectivity index is 1.59. The van der Waals surface area contributed by atoms with Crippen molar-refractivity contribution in [3.63, 3.8) is 0 Å². The third kappa shape index (κ3) is 5.18. The fourth-order valence-corrected chi connectivity index (χ4v) is 6.53. The zero-order valence-corrected chi connectivity index (χ0v) is 18.1. The maximum absolute atomic E-state index is 12.6. The van der Waals surface area contributed by atoms with Crippen LogP contribution in [0.5, 0.6) is 0 Å². The minimum Gasteiger partial charge on any atom is -0.345 e. The Labute approximate surface area is 173 Å². The summed E-state index contributed by atoms with van der Waals surface area (Å²) in [7, 11) is -3.33. The minimum absolute atomic E-state index is 0.0286. The molecule has 7 heteroatoms. The first-order chi connectivity index (χ1) is 13.8. The number of anilines is 1. The number of nitrogens with one attached hydrogen (secondary N) is 2. The summed E-state index contributed by atoms with van der Waals surface area (Å²) >= 11 is 0. The van der Waals surface area contributed by atoms with E-state index in [0.717, 1.165) is 38.5 Å². The quantitative estimate of drug-likeness (QED) is 0.711. The second-order valence-electron chi connectivity index (χ2n) is 8.70. The highest BCUT2D eigenvalue weighted by Gasteiger charge is 2.31. The molecule has 0 aromatic heterocycles. The van der Waals surface area contributed by atoms with Gasteiger partial charge in [-0.1, -0.05) is 39.5 Å². The maximum atomic E-state index is 12.6. The van der Waals surface area contributed by atoms with E-state index in [4.69, 9.17) is 0 Å². The predicted octanol–water partition coefficient (Wildman–Crippen LogP) is 3.67. The van der Waals surface area contributed by atoms with Crippen LogP contribution in [0.25, 0.3) is 0 Å². The van der Waals surface area contributed by atoms with Crippen LogP contribution in [0.4, 0.5) is 5.69 Å². The molecule has 0 aliphatic heterocycles. The summed E-state index contributed by atoms with van der Waals surface area (Å²) in [6.07, 6.45) is 7.51. The van der Waals surface area contributed by atoms with Gasteiger partial charge in [0.25, 0.3) is 0 Å². The number of rotatable bonds is 5. The molecule has 0 radical (unpaired) electrons. The van der Waals surface area contributed by atoms with E-state index in [2.05, 4.69) is 24.5 Å². The highest BCUT2D eigenvalue weighted by Crippen LogP contribution is 2.31. The Morgan fingerprint density at radius 2 is 1.48 bits per heavy atom. The standard InChI is InChI=1S/C22H32N2O4S/c1-15(2)19-9-5-6-10-20(19)24-22(26)21(25)23-16-11-13-18(14-12-16)29(27,28)17-7-3-4-8-17/h11-15,17,19-20H,3-10H2,1-2H3,(H,23,25)(H,24,26). The Morgan fingerprint density at radius 1 is 0.897 bits per heavy atom. The van der Waals surface area contributed by atoms with Gasteiger partial charge in [-0.15, -0.1) is 0 Å². The van der Waals surface area contributed by atoms with Crippen molar-refractivity contribution in [2.45, 2.75) is 81.4 Å². The number of hydrogen-bond acceptors (Lipinski definition) is 4. The monoisotopic (exact) mass is 420 g/mol. The molecule has 1 aromatic carbocycles. The molecule has 6 nitrogen and oxygen atoms in total. The van der Waals surface area contributed by atoms with Crippen molar-refractivity contribution >= 4 is 27.3 Å². The van der Waals surface area contributed by atoms with Crippen LogP contribution < -0.4 is 10.6 Å². The Kier molecular flexibility index (Phi) is 6.98. The zero-order valence-electron chi connectivity index (χ0n) is 17.3. The molecule has 2 unspecified atom stereocenters. The lowest BCUT2D eigenvalue weighted by Crippen LogP contribution is -2.47. The van der Waals surface area contributed by atoms with Crippen LogP contribution in [-0.4, -0.2) is 31.5 Å². The number of benzene rings is 1. The predicted molar refractivity (Wildman–Crippen MR) is 113 cm³/mol. The third-order valence-electron chi connectivity index (χ3n) is 6.38. The first kappa shape index (κ1) is 21.8. The summed E-state index contributed by atoms with van der Waals surface area (Å²) in [6.45, 7) is 4.30. The first-order valence-electron chi connectivity index (χ1n) is 10.7. The number of sulfone groups is 1. The Bertz CT molecular complexity index is 827. The van der Waals surface area contributed by atoms with E-state index in [1.54, 1.807) is 12.1 Å². The average molecular weight is 421 g/mol. The molecule has 0 saturated heterocycles. The van der Waals surface area contributed by atoms with Crippen LogP contribution in [0.1, 0.15) is 65.2 Å². The number of carbonyl (C=O) groups excluding carboxylic acids is 2. The van der Waals surface area contributed by atoms with Crippen molar-refractivity contribution in [3.8, 4) is 0 Å². The summed E-state index contributed by atoms with van der Waals surface area (Å²) in [6, 6.07) is 6.14. The molecule has 2 N–H and O–H groups in total. The lowest BCUT2D eigenvalue weighted by molar-refractivity contribution is -0.137. The molecule has 2 atom stereocenters. The van der Waals surface area contributed by atoms with Gasteiger partial charge in [0, 0.05) is 11.7 Å². The molecule has 2 saturated carbocycles. The minimum atomic E-state index is -3.33. The maximum Gasteiger partial charge on any atom is 0.313 e. The number of carbonyl (C=O) groups is 2. The van der Waals surface area contributed by atoms with Gasteiger partial charge in [0.2, 0.25) is 0 Å². The molecular formula is C22H32N2O4S. The smallest absolute Gasteiger partial charge is 0.313 e. The molecule has 1 aromatic rings. The highest BCUT2D eigenvalue weighted by atomic mass is 32.2. The van der Waals surface area contributed by atoms with Gasteiger partial charge in [-0.3, -0.25) is 9.59 Å². The topological polar surface area (TPSA) is 92.3 Å². The van der Waals surface area contributed by atoms with E-state index in [9.17, 15) is 18.0 Å². The molecule has 2 fully saturated rings. The van der Waals surface area contributed by atoms with Crippen LogP contribution in [-0.2, 0) is 19.4 Å². The molecule has 0 bridgehead atoms. The fraction of sp³-hybridized carbons (Fsp3) is 0.636. The second kappa shape index (κ2) is 9.28. The van der Waals surface area contributed by atoms with Gasteiger partial charge in [-0.25, -0.2) is 8.42 Å². The summed E-state index contributed by atoms with van der Waals surface area (Å²) in [5.74, 6) is -0.506. The largest absolute Gasteiger partial charge is 0.345 e. The van der Waals surface area contributed by atoms with Crippen LogP contribution in [0.2, 0.25) is 0 Å². The number of hydrogen-bond donors (Lipinski definition) is 2. The van der Waals surface area contributed by atoms with E-state index < -0.39 is 21.7 Å². The lowest BCUT2D eigenvalue weighted by atomic mass is 9.78. The van der Waals surface area contributed by atoms with Crippen LogP contribution in [0, 0.1) is 11.8 Å². The van der Waals surface area contributed by atoms with Gasteiger partial charge >= 0.3 is 11.8 Å². The molecule has 2 aliphatic carbocycles. The van der Waals surface area contributed by atoms with Gasteiger partial charge in [0.1, 0.15) is 0 Å². The summed E-state index contributed by atoms with van der Waals surface area (Å²) in [5, 5.41) is 5.17. The van der Waals surface area contributed by atoms with Gasteiger partial charge in [0.15, 0.2) is 9.84 Å². The zero-order chi connectivity index (χ0) is 21.0. The van der Waals surface area contributed by atoms with Gasteiger partial charge in [-0.2, -0.15) is 0 Å². The molecule has 2 amide bonds. The van der Waals surface area contributed by atoms with Gasteiger partial charge < -0.3 is 10.6 Å². The van der Waals surface area contributed by atoms with E-state index in [1.165, 1.54) is 12.1 Å². The van der Waals surface area contributed by atoms with Crippen molar-refractivity contribution in [1.82, 2.24) is 5.32 Å². The van der Waals surface area contributed by atoms with E-state index in [0.29, 0.717) is 30.4 Å². The normalized spacial score (nSPS) is 23.1. The molecule has 29 heavy (non-hydrogen) atoms. The fourth-order valence-electron chi connectivity index (χ4n) is 4.68. The van der Waals surface area contributed by atoms with Gasteiger partial charge in [0.05, 0.1) is 10.1 Å². The van der Waals surface area contributed by atoms with Crippen LogP contribution in [0.3, 0.4) is 0 Å². The highest BCUT2D eigenvalue weighted by molar-refractivity contribution is 7.92. The number of amides is 2. The Morgan fingerprint density at radius 3 is 2.10 bits per heavy atom. The van der Waals surface area contributed by atoms with Crippen LogP contribution in [0.15, 0.2) is 29.2 Å². The molecular weight excluding hydrogens is 388 g/mol. The lowest BCUT2D eigenvalue weighted by Gasteiger charge is -2.34. The molecule has 160 valence electrons. The first-order valence-corrected chi connectivity index (χ1v) is 12.3. The van der Waals surface area contributed by atoms with Gasteiger partial charge in [-0.05, 0) is 61.8 Å². The molecule has 2 aliphatic rings. The SMILES string of the molecule is CC(C)C1CCCCC1NC(=O)C(=O)Nc1ccc(S(=O)(=O)C2CCCC2)cc1. The molecule has 3 rings (SSSR count). The summed E-state index contributed by atoms with van der Waals surface area (Å²) in [5.41, 5.74) is 0.416. The van der Waals surface area contributed by atoms with E-state index in [1.807, 2.05) is 0 Å².